The van der Waals surface area contributed by atoms with Crippen LogP contribution in [0.25, 0.3) is 0 Å². The molecule has 0 aromatic heterocycles. The van der Waals surface area contributed by atoms with Gasteiger partial charge in [-0.25, -0.2) is 9.59 Å². The van der Waals surface area contributed by atoms with Crippen LogP contribution < -0.4 is 21.3 Å². The molecule has 0 radical (unpaired) electrons. The Morgan fingerprint density at radius 3 is 2.19 bits per heavy atom. The molecule has 16 nitrogen and oxygen atoms in total. The van der Waals surface area contributed by atoms with E-state index in [4.69, 9.17) is 4.74 Å². The van der Waals surface area contributed by atoms with E-state index in [9.17, 15) is 33.6 Å². The highest BCUT2D eigenvalue weighted by atomic mass is 16.6. The Labute approximate surface area is 373 Å². The molecule has 0 bridgehead atoms. The van der Waals surface area contributed by atoms with Crippen LogP contribution in [-0.4, -0.2) is 119 Å². The molecule has 3 aliphatic rings. The van der Waals surface area contributed by atoms with Gasteiger partial charge in [0.15, 0.2) is 0 Å². The molecule has 1 aromatic carbocycles. The maximum Gasteiger partial charge on any atom is 0.410 e. The van der Waals surface area contributed by atoms with Crippen LogP contribution in [0.4, 0.5) is 9.59 Å². The second-order valence-electron chi connectivity index (χ2n) is 19.8. The first-order valence-corrected chi connectivity index (χ1v) is 22.4. The summed E-state index contributed by atoms with van der Waals surface area (Å²) in [4.78, 5) is 114. The van der Waals surface area contributed by atoms with Gasteiger partial charge in [0.1, 0.15) is 18.2 Å². The molecule has 4 rings (SSSR count). The molecular formula is C47H71N7O9. The molecule has 3 fully saturated rings. The SMILES string of the molecule is C=CCNC(=O)C(=O)C(CCC)NC(=O)[C@@H]1C[C@@H](OC(=O)N(C)Cc2ccccc2C)CN1C(=O)[C@@H](NC(=O)N[C@H](CN1C(=O)CC(C)(C)CC1=O)C(C)(C)C)C1(C)CCCCC1. The lowest BCUT2D eigenvalue weighted by atomic mass is 9.70. The van der Waals surface area contributed by atoms with E-state index < -0.39 is 82.1 Å². The van der Waals surface area contributed by atoms with Crippen molar-refractivity contribution in [3.63, 3.8) is 0 Å². The summed E-state index contributed by atoms with van der Waals surface area (Å²) in [6.45, 7) is 18.7. The standard InChI is InChI=1S/C47H71N7O9/c1-11-18-33(38(57)41(59)48-23-12-2)49-40(58)34-24-32(63-44(62)52(10)27-31-20-15-14-19-30(31)3)28-53(34)42(60)39(47(9)21-16-13-17-22-47)51-43(61)50-35(45(4,5)6)29-54-36(55)25-46(7,8)26-37(54)56/h12,14-15,19-20,32-35,39H,2,11,13,16-18,21-29H2,1,3-10H3,(H,48,59)(H,49,58)(H2,50,51,61)/t32-,33?,34+,35-,39-/m1/s1. The third-order valence-corrected chi connectivity index (χ3v) is 12.7. The van der Waals surface area contributed by atoms with Crippen LogP contribution in [0, 0.1) is 23.2 Å². The van der Waals surface area contributed by atoms with E-state index in [1.807, 2.05) is 79.7 Å². The number of nitrogens with zero attached hydrogens (tertiary/aromatic N) is 3. The predicted octanol–water partition coefficient (Wildman–Crippen LogP) is 4.92. The first kappa shape index (κ1) is 50.4. The van der Waals surface area contributed by atoms with Crippen LogP contribution >= 0.6 is 0 Å². The molecule has 1 aromatic rings. The molecule has 348 valence electrons. The van der Waals surface area contributed by atoms with Crippen molar-refractivity contribution in [2.45, 2.75) is 156 Å². The lowest BCUT2D eigenvalue weighted by molar-refractivity contribution is -0.153. The van der Waals surface area contributed by atoms with Gasteiger partial charge in [0.2, 0.25) is 29.4 Å². The average Bonchev–Trinajstić information content (AvgIpc) is 3.63. The molecule has 2 heterocycles. The minimum absolute atomic E-state index is 0.0521. The summed E-state index contributed by atoms with van der Waals surface area (Å²) >= 11 is 0. The van der Waals surface area contributed by atoms with Gasteiger partial charge in [0.25, 0.3) is 5.91 Å². The lowest BCUT2D eigenvalue weighted by Crippen LogP contribution is -2.63. The fourth-order valence-corrected chi connectivity index (χ4v) is 8.76. The number of carbonyl (C=O) groups is 8. The van der Waals surface area contributed by atoms with Crippen molar-refractivity contribution in [3.05, 3.63) is 48.0 Å². The quantitative estimate of drug-likeness (QED) is 0.0952. The van der Waals surface area contributed by atoms with Crippen LogP contribution in [0.1, 0.15) is 124 Å². The summed E-state index contributed by atoms with van der Waals surface area (Å²) in [6.07, 6.45) is 4.46. The number of hydrogen-bond donors (Lipinski definition) is 4. The number of imide groups is 1. The Bertz CT molecular complexity index is 1870. The highest BCUT2D eigenvalue weighted by molar-refractivity contribution is 6.38. The number of benzene rings is 1. The van der Waals surface area contributed by atoms with E-state index in [1.165, 1.54) is 20.8 Å². The first-order valence-electron chi connectivity index (χ1n) is 22.4. The lowest BCUT2D eigenvalue weighted by Gasteiger charge is -2.43. The van der Waals surface area contributed by atoms with Gasteiger partial charge in [-0.15, -0.1) is 6.58 Å². The topological polar surface area (TPSA) is 204 Å². The number of amides is 8. The molecule has 0 spiro atoms. The number of ether oxygens (including phenoxy) is 1. The monoisotopic (exact) mass is 878 g/mol. The Kier molecular flexibility index (Phi) is 17.1. The van der Waals surface area contributed by atoms with Crippen LogP contribution in [0.5, 0.6) is 0 Å². The maximum absolute atomic E-state index is 15.2. The number of carbonyl (C=O) groups excluding carboxylic acids is 8. The van der Waals surface area contributed by atoms with Gasteiger partial charge in [0, 0.05) is 45.9 Å². The Morgan fingerprint density at radius 1 is 0.968 bits per heavy atom. The van der Waals surface area contributed by atoms with Gasteiger partial charge >= 0.3 is 12.1 Å². The molecule has 8 amide bonds. The number of rotatable bonds is 17. The van der Waals surface area contributed by atoms with E-state index in [2.05, 4.69) is 27.8 Å². The van der Waals surface area contributed by atoms with Crippen LogP contribution in [0.2, 0.25) is 0 Å². The number of aryl methyl sites for hydroxylation is 1. The van der Waals surface area contributed by atoms with Crippen LogP contribution in [0.3, 0.4) is 0 Å². The van der Waals surface area contributed by atoms with Crippen molar-refractivity contribution >= 4 is 47.4 Å². The molecule has 4 N–H and O–H groups in total. The maximum atomic E-state index is 15.2. The minimum atomic E-state index is -1.23. The summed E-state index contributed by atoms with van der Waals surface area (Å²) in [5, 5.41) is 11.1. The highest BCUT2D eigenvalue weighted by Gasteiger charge is 2.50. The van der Waals surface area contributed by atoms with Crippen LogP contribution in [-0.2, 0) is 40.0 Å². The van der Waals surface area contributed by atoms with Gasteiger partial charge in [-0.3, -0.25) is 33.7 Å². The minimum Gasteiger partial charge on any atom is -0.444 e. The second-order valence-corrected chi connectivity index (χ2v) is 19.8. The fourth-order valence-electron chi connectivity index (χ4n) is 8.76. The molecule has 1 unspecified atom stereocenters. The van der Waals surface area contributed by atoms with E-state index in [0.29, 0.717) is 19.3 Å². The summed E-state index contributed by atoms with van der Waals surface area (Å²) in [5.74, 6) is -3.64. The first-order chi connectivity index (χ1) is 29.5. The van der Waals surface area contributed by atoms with Crippen molar-refractivity contribution < 1.29 is 43.1 Å². The third kappa shape index (κ3) is 13.4. The summed E-state index contributed by atoms with van der Waals surface area (Å²) in [5.41, 5.74) is 0.0745. The van der Waals surface area contributed by atoms with Crippen molar-refractivity contribution in [1.82, 2.24) is 36.0 Å². The van der Waals surface area contributed by atoms with Crippen molar-refractivity contribution in [2.75, 3.05) is 26.7 Å². The average molecular weight is 878 g/mol. The number of nitrogens with one attached hydrogen (secondary N) is 4. The number of ketones is 1. The normalized spacial score (nSPS) is 21.0. The van der Waals surface area contributed by atoms with Gasteiger partial charge in [0.05, 0.1) is 18.6 Å². The van der Waals surface area contributed by atoms with Gasteiger partial charge in [-0.2, -0.15) is 0 Å². The Balaban J connectivity index is 1.65. The molecule has 5 atom stereocenters. The molecule has 1 saturated carbocycles. The molecule has 1 aliphatic carbocycles. The van der Waals surface area contributed by atoms with Crippen molar-refractivity contribution in [1.29, 1.82) is 0 Å². The summed E-state index contributed by atoms with van der Waals surface area (Å²) in [6, 6.07) is 2.68. The Morgan fingerprint density at radius 2 is 1.60 bits per heavy atom. The van der Waals surface area contributed by atoms with Crippen molar-refractivity contribution in [2.24, 2.45) is 16.2 Å². The zero-order chi connectivity index (χ0) is 46.9. The molecule has 63 heavy (non-hydrogen) atoms. The van der Waals surface area contributed by atoms with E-state index >= 15 is 4.79 Å². The summed E-state index contributed by atoms with van der Waals surface area (Å²) < 4.78 is 5.97. The summed E-state index contributed by atoms with van der Waals surface area (Å²) in [7, 11) is 1.60. The number of likely N-dealkylation sites (tertiary alicyclic amines) is 2. The van der Waals surface area contributed by atoms with Gasteiger partial charge < -0.3 is 35.8 Å². The van der Waals surface area contributed by atoms with E-state index in [0.717, 1.165) is 30.4 Å². The van der Waals surface area contributed by atoms with E-state index in [-0.39, 0.29) is 63.7 Å². The zero-order valence-corrected chi connectivity index (χ0v) is 38.9. The van der Waals surface area contributed by atoms with Gasteiger partial charge in [-0.1, -0.05) is 104 Å². The number of urea groups is 1. The molecule has 2 aliphatic heterocycles. The van der Waals surface area contributed by atoms with Crippen molar-refractivity contribution in [3.8, 4) is 0 Å². The number of Topliss-reactive ketones (excluding diaryl/α,β-unsaturated/α-hetero) is 1. The van der Waals surface area contributed by atoms with E-state index in [1.54, 1.807) is 7.05 Å². The Hall–Kier alpha value is -5.28. The number of piperidine rings is 1. The largest absolute Gasteiger partial charge is 0.444 e. The number of hydrogen-bond acceptors (Lipinski definition) is 9. The molecule has 2 saturated heterocycles. The predicted molar refractivity (Wildman–Crippen MR) is 238 cm³/mol. The van der Waals surface area contributed by atoms with Crippen LogP contribution in [0.15, 0.2) is 36.9 Å². The zero-order valence-electron chi connectivity index (χ0n) is 38.9. The fraction of sp³-hybridized carbons (Fsp3) is 0.660. The smallest absolute Gasteiger partial charge is 0.410 e. The highest BCUT2D eigenvalue weighted by Crippen LogP contribution is 2.41. The molecule has 16 heteroatoms. The molecular weight excluding hydrogens is 807 g/mol. The second kappa shape index (κ2) is 21.4. The van der Waals surface area contributed by atoms with Gasteiger partial charge in [-0.05, 0) is 53.6 Å². The third-order valence-electron chi connectivity index (χ3n) is 12.7.